The van der Waals surface area contributed by atoms with Gasteiger partial charge in [-0.3, -0.25) is 9.89 Å². The van der Waals surface area contributed by atoms with Crippen LogP contribution in [0.1, 0.15) is 24.3 Å². The SMILES string of the molecule is CC.CNC(=O)c1ccn[nH]1. The standard InChI is InChI=1S/C5H7N3O.C2H6/c1-6-5(9)4-2-3-7-8-4;1-2/h2-3H,1H3,(H,6,9)(H,7,8);1-2H3. The third-order valence-electron chi connectivity index (χ3n) is 0.972. The maximum atomic E-state index is 10.7. The summed E-state index contributed by atoms with van der Waals surface area (Å²) in [5.41, 5.74) is 0.484. The Hall–Kier alpha value is -1.32. The minimum Gasteiger partial charge on any atom is -0.354 e. The van der Waals surface area contributed by atoms with E-state index in [1.54, 1.807) is 13.1 Å². The molecule has 0 aromatic carbocycles. The van der Waals surface area contributed by atoms with Crippen LogP contribution in [0.4, 0.5) is 0 Å². The summed E-state index contributed by atoms with van der Waals surface area (Å²) in [5.74, 6) is -0.146. The van der Waals surface area contributed by atoms with Gasteiger partial charge in [-0.25, -0.2) is 0 Å². The van der Waals surface area contributed by atoms with E-state index in [9.17, 15) is 4.79 Å². The highest BCUT2D eigenvalue weighted by Crippen LogP contribution is 1.88. The molecule has 4 nitrogen and oxygen atoms in total. The van der Waals surface area contributed by atoms with Crippen molar-refractivity contribution in [3.63, 3.8) is 0 Å². The van der Waals surface area contributed by atoms with Crippen LogP contribution in [0, 0.1) is 0 Å². The molecule has 11 heavy (non-hydrogen) atoms. The molecule has 62 valence electrons. The molecule has 0 radical (unpaired) electrons. The molecule has 2 N–H and O–H groups in total. The number of amides is 1. The van der Waals surface area contributed by atoms with E-state index in [2.05, 4.69) is 15.5 Å². The number of hydrogen-bond donors (Lipinski definition) is 2. The zero-order valence-corrected chi connectivity index (χ0v) is 7.01. The molecule has 0 saturated carbocycles. The predicted molar refractivity (Wildman–Crippen MR) is 43.3 cm³/mol. The van der Waals surface area contributed by atoms with Gasteiger partial charge in [-0.05, 0) is 6.07 Å². The summed E-state index contributed by atoms with van der Waals surface area (Å²) >= 11 is 0. The number of rotatable bonds is 1. The Kier molecular flexibility index (Phi) is 4.81. The molecule has 0 unspecified atom stereocenters. The second-order valence-electron chi connectivity index (χ2n) is 1.55. The lowest BCUT2D eigenvalue weighted by atomic mass is 10.4. The van der Waals surface area contributed by atoms with Crippen LogP contribution >= 0.6 is 0 Å². The topological polar surface area (TPSA) is 57.8 Å². The summed E-state index contributed by atoms with van der Waals surface area (Å²) in [7, 11) is 1.57. The second kappa shape index (κ2) is 5.46. The van der Waals surface area contributed by atoms with Gasteiger partial charge in [-0.2, -0.15) is 5.10 Å². The Labute approximate surface area is 66.0 Å². The average Bonchev–Trinajstić information content (AvgIpc) is 2.59. The Morgan fingerprint density at radius 2 is 2.27 bits per heavy atom. The summed E-state index contributed by atoms with van der Waals surface area (Å²) < 4.78 is 0. The van der Waals surface area contributed by atoms with Gasteiger partial charge in [0.1, 0.15) is 5.69 Å². The molecular weight excluding hydrogens is 142 g/mol. The van der Waals surface area contributed by atoms with Crippen molar-refractivity contribution in [3.8, 4) is 0 Å². The lowest BCUT2D eigenvalue weighted by Gasteiger charge is -1.90. The average molecular weight is 155 g/mol. The monoisotopic (exact) mass is 155 g/mol. The van der Waals surface area contributed by atoms with E-state index >= 15 is 0 Å². The Morgan fingerprint density at radius 3 is 2.64 bits per heavy atom. The molecule has 0 aliphatic heterocycles. The minimum atomic E-state index is -0.146. The normalized spacial score (nSPS) is 7.91. The molecule has 0 fully saturated rings. The molecule has 1 amide bonds. The van der Waals surface area contributed by atoms with Crippen molar-refractivity contribution in [1.29, 1.82) is 0 Å². The molecule has 1 aromatic heterocycles. The maximum Gasteiger partial charge on any atom is 0.269 e. The van der Waals surface area contributed by atoms with Gasteiger partial charge in [0.15, 0.2) is 0 Å². The second-order valence-corrected chi connectivity index (χ2v) is 1.55. The molecule has 0 bridgehead atoms. The van der Waals surface area contributed by atoms with Crippen molar-refractivity contribution in [2.45, 2.75) is 13.8 Å². The smallest absolute Gasteiger partial charge is 0.269 e. The number of carbonyl (C=O) groups excluding carboxylic acids is 1. The first-order chi connectivity index (χ1) is 5.34. The number of aromatic nitrogens is 2. The highest BCUT2D eigenvalue weighted by molar-refractivity contribution is 5.91. The zero-order chi connectivity index (χ0) is 8.69. The molecule has 1 heterocycles. The predicted octanol–water partition coefficient (Wildman–Crippen LogP) is 0.795. The Bertz CT molecular complexity index is 193. The quantitative estimate of drug-likeness (QED) is 0.630. The van der Waals surface area contributed by atoms with Crippen molar-refractivity contribution in [2.75, 3.05) is 7.05 Å². The van der Waals surface area contributed by atoms with Crippen molar-refractivity contribution in [3.05, 3.63) is 18.0 Å². The van der Waals surface area contributed by atoms with E-state index in [4.69, 9.17) is 0 Å². The van der Waals surface area contributed by atoms with Crippen molar-refractivity contribution >= 4 is 5.91 Å². The summed E-state index contributed by atoms with van der Waals surface area (Å²) in [4.78, 5) is 10.7. The lowest BCUT2D eigenvalue weighted by Crippen LogP contribution is -2.17. The van der Waals surface area contributed by atoms with Crippen LogP contribution in [0.15, 0.2) is 12.3 Å². The first-order valence-corrected chi connectivity index (χ1v) is 3.56. The molecule has 1 rings (SSSR count). The van der Waals surface area contributed by atoms with Crippen LogP contribution in [-0.4, -0.2) is 23.2 Å². The molecular formula is C7H13N3O. The van der Waals surface area contributed by atoms with Crippen LogP contribution in [-0.2, 0) is 0 Å². The highest BCUT2D eigenvalue weighted by atomic mass is 16.1. The zero-order valence-electron chi connectivity index (χ0n) is 7.01. The molecule has 0 aliphatic carbocycles. The van der Waals surface area contributed by atoms with E-state index in [0.29, 0.717) is 5.69 Å². The molecule has 4 heteroatoms. The fourth-order valence-corrected chi connectivity index (χ4v) is 0.517. The first-order valence-electron chi connectivity index (χ1n) is 3.56. The van der Waals surface area contributed by atoms with Gasteiger partial charge in [-0.15, -0.1) is 0 Å². The van der Waals surface area contributed by atoms with Gasteiger partial charge >= 0.3 is 0 Å². The summed E-state index contributed by atoms with van der Waals surface area (Å²) in [6.45, 7) is 4.00. The summed E-state index contributed by atoms with van der Waals surface area (Å²) in [6.07, 6.45) is 1.53. The fourth-order valence-electron chi connectivity index (χ4n) is 0.517. The summed E-state index contributed by atoms with van der Waals surface area (Å²) in [5, 5.41) is 8.59. The third-order valence-corrected chi connectivity index (χ3v) is 0.972. The van der Waals surface area contributed by atoms with E-state index in [-0.39, 0.29) is 5.91 Å². The van der Waals surface area contributed by atoms with Crippen LogP contribution in [0.5, 0.6) is 0 Å². The van der Waals surface area contributed by atoms with Gasteiger partial charge in [0.25, 0.3) is 5.91 Å². The van der Waals surface area contributed by atoms with Gasteiger partial charge in [0, 0.05) is 13.2 Å². The first kappa shape index (κ1) is 9.68. The number of hydrogen-bond acceptors (Lipinski definition) is 2. The van der Waals surface area contributed by atoms with E-state index < -0.39 is 0 Å². The number of carbonyl (C=O) groups is 1. The van der Waals surface area contributed by atoms with E-state index in [1.165, 1.54) is 6.20 Å². The minimum absolute atomic E-state index is 0.146. The van der Waals surface area contributed by atoms with Gasteiger partial charge in [0.2, 0.25) is 0 Å². The molecule has 0 aliphatic rings. The van der Waals surface area contributed by atoms with Gasteiger partial charge in [-0.1, -0.05) is 13.8 Å². The van der Waals surface area contributed by atoms with E-state index in [1.807, 2.05) is 13.8 Å². The lowest BCUT2D eigenvalue weighted by molar-refractivity contribution is 0.0958. The van der Waals surface area contributed by atoms with Gasteiger partial charge < -0.3 is 5.32 Å². The maximum absolute atomic E-state index is 10.7. The largest absolute Gasteiger partial charge is 0.354 e. The van der Waals surface area contributed by atoms with Crippen LogP contribution in [0.3, 0.4) is 0 Å². The molecule has 1 aromatic rings. The fraction of sp³-hybridized carbons (Fsp3) is 0.429. The number of nitrogens with zero attached hydrogens (tertiary/aromatic N) is 1. The van der Waals surface area contributed by atoms with Crippen molar-refractivity contribution in [1.82, 2.24) is 15.5 Å². The summed E-state index contributed by atoms with van der Waals surface area (Å²) in [6, 6.07) is 1.61. The number of aromatic amines is 1. The number of nitrogens with one attached hydrogen (secondary N) is 2. The van der Waals surface area contributed by atoms with E-state index in [0.717, 1.165) is 0 Å². The molecule has 0 spiro atoms. The highest BCUT2D eigenvalue weighted by Gasteiger charge is 2.00. The van der Waals surface area contributed by atoms with Gasteiger partial charge in [0.05, 0.1) is 0 Å². The third kappa shape index (κ3) is 2.84. The van der Waals surface area contributed by atoms with Crippen LogP contribution < -0.4 is 5.32 Å². The Morgan fingerprint density at radius 1 is 1.64 bits per heavy atom. The van der Waals surface area contributed by atoms with Crippen molar-refractivity contribution < 1.29 is 4.79 Å². The van der Waals surface area contributed by atoms with Crippen LogP contribution in [0.25, 0.3) is 0 Å². The molecule has 0 saturated heterocycles. The molecule has 0 atom stereocenters. The van der Waals surface area contributed by atoms with Crippen molar-refractivity contribution in [2.24, 2.45) is 0 Å². The Balaban J connectivity index is 0.000000461. The van der Waals surface area contributed by atoms with Crippen LogP contribution in [0.2, 0.25) is 0 Å². The number of H-pyrrole nitrogens is 1.